The number of nitrogens with zero attached hydrogens (tertiary/aromatic N) is 1. The van der Waals surface area contributed by atoms with Crippen LogP contribution in [0, 0.1) is 5.92 Å². The second kappa shape index (κ2) is 16.6. The van der Waals surface area contributed by atoms with E-state index < -0.39 is 5.41 Å². The quantitative estimate of drug-likeness (QED) is 0.158. The van der Waals surface area contributed by atoms with Crippen LogP contribution in [0.25, 0.3) is 72.5 Å². The Labute approximate surface area is 415 Å². The van der Waals surface area contributed by atoms with E-state index in [1.165, 1.54) is 77.7 Å². The van der Waals surface area contributed by atoms with Crippen LogP contribution in [0.15, 0.2) is 267 Å². The molecule has 334 valence electrons. The van der Waals surface area contributed by atoms with Gasteiger partial charge in [0.05, 0.1) is 11.1 Å². The lowest BCUT2D eigenvalue weighted by Gasteiger charge is -2.49. The van der Waals surface area contributed by atoms with E-state index in [4.69, 9.17) is 4.74 Å². The van der Waals surface area contributed by atoms with Crippen LogP contribution in [0.3, 0.4) is 0 Å². The molecule has 1 spiro atoms. The average Bonchev–Trinajstić information content (AvgIpc) is 3.75. The summed E-state index contributed by atoms with van der Waals surface area (Å²) < 4.78 is 7.36. The second-order valence-electron chi connectivity index (χ2n) is 19.1. The zero-order valence-corrected chi connectivity index (χ0v) is 39.0. The van der Waals surface area contributed by atoms with E-state index in [1.54, 1.807) is 0 Å². The third kappa shape index (κ3) is 6.49. The van der Waals surface area contributed by atoms with Gasteiger partial charge < -0.3 is 9.64 Å². The van der Waals surface area contributed by atoms with E-state index >= 15 is 0 Å². The lowest BCUT2D eigenvalue weighted by Crippen LogP contribution is -2.45. The van der Waals surface area contributed by atoms with E-state index in [1.807, 2.05) is 0 Å². The number of rotatable bonds is 7. The molecule has 0 fully saturated rings. The molecule has 0 radical (unpaired) electrons. The molecule has 0 amide bonds. The van der Waals surface area contributed by atoms with Crippen LogP contribution in [-0.4, -0.2) is 0 Å². The molecular weight excluding hydrogens is 859 g/mol. The van der Waals surface area contributed by atoms with Crippen molar-refractivity contribution in [3.63, 3.8) is 0 Å². The van der Waals surface area contributed by atoms with Crippen molar-refractivity contribution in [2.24, 2.45) is 5.92 Å². The first kappa shape index (κ1) is 41.0. The maximum Gasteiger partial charge on any atom is 0.132 e. The fourth-order valence-corrected chi connectivity index (χ4v) is 12.2. The Kier molecular flexibility index (Phi) is 9.60. The number of anilines is 3. The molecule has 14 rings (SSSR count). The number of hydrogen-bond donors (Lipinski definition) is 0. The van der Waals surface area contributed by atoms with Crippen molar-refractivity contribution in [2.45, 2.75) is 11.5 Å². The van der Waals surface area contributed by atoms with Crippen LogP contribution in [0.1, 0.15) is 33.9 Å². The summed E-state index contributed by atoms with van der Waals surface area (Å²) in [4.78, 5) is 2.43. The highest BCUT2D eigenvalue weighted by molar-refractivity contribution is 5.99. The summed E-state index contributed by atoms with van der Waals surface area (Å²) in [6, 6.07) is 95.6. The Bertz CT molecular complexity index is 3860. The lowest BCUT2D eigenvalue weighted by molar-refractivity contribution is 0.105. The molecule has 11 aromatic rings. The minimum absolute atomic E-state index is 0.0124. The molecule has 0 N–H and O–H groups in total. The van der Waals surface area contributed by atoms with Gasteiger partial charge in [-0.2, -0.15) is 0 Å². The molecule has 11 aromatic carbocycles. The van der Waals surface area contributed by atoms with Gasteiger partial charge in [-0.15, -0.1) is 0 Å². The monoisotopic (exact) mass is 905 g/mol. The van der Waals surface area contributed by atoms with Crippen LogP contribution in [0.2, 0.25) is 0 Å². The third-order valence-electron chi connectivity index (χ3n) is 15.3. The Morgan fingerprint density at radius 3 is 1.79 bits per heavy atom. The fraction of sp³-hybridized carbons (Fsp3) is 0.0435. The first-order valence-electron chi connectivity index (χ1n) is 24.7. The summed E-state index contributed by atoms with van der Waals surface area (Å²) in [5, 5.41) is 2.33. The highest BCUT2D eigenvalue weighted by Gasteiger charge is 2.57. The number of hydrogen-bond acceptors (Lipinski definition) is 2. The van der Waals surface area contributed by atoms with Crippen molar-refractivity contribution in [1.82, 2.24) is 0 Å². The molecule has 0 saturated carbocycles. The van der Waals surface area contributed by atoms with Gasteiger partial charge in [-0.3, -0.25) is 0 Å². The first-order chi connectivity index (χ1) is 35.2. The largest absolute Gasteiger partial charge is 0.484 e. The van der Waals surface area contributed by atoms with Gasteiger partial charge >= 0.3 is 0 Å². The summed E-state index contributed by atoms with van der Waals surface area (Å²) >= 11 is 0. The summed E-state index contributed by atoms with van der Waals surface area (Å²) in [7, 11) is 0. The number of fused-ring (bicyclic) bond motifs is 13. The van der Waals surface area contributed by atoms with Gasteiger partial charge in [-0.25, -0.2) is 0 Å². The van der Waals surface area contributed by atoms with Gasteiger partial charge in [0.25, 0.3) is 0 Å². The smallest absolute Gasteiger partial charge is 0.132 e. The molecule has 1 aliphatic heterocycles. The maximum absolute atomic E-state index is 7.36. The molecule has 3 aliphatic rings. The van der Waals surface area contributed by atoms with E-state index in [-0.39, 0.29) is 12.0 Å². The van der Waals surface area contributed by atoms with E-state index in [0.29, 0.717) is 0 Å². The van der Waals surface area contributed by atoms with Crippen molar-refractivity contribution in [1.29, 1.82) is 0 Å². The van der Waals surface area contributed by atoms with Gasteiger partial charge in [0, 0.05) is 39.4 Å². The Hall–Kier alpha value is -8.98. The van der Waals surface area contributed by atoms with Crippen LogP contribution in [-0.2, 0) is 5.41 Å². The Balaban J connectivity index is 0.956. The second-order valence-corrected chi connectivity index (χ2v) is 19.1. The average molecular weight is 906 g/mol. The van der Waals surface area contributed by atoms with Gasteiger partial charge in [0.2, 0.25) is 0 Å². The number of ether oxygens (including phenoxy) is 1. The molecule has 0 saturated heterocycles. The van der Waals surface area contributed by atoms with Crippen LogP contribution < -0.4 is 9.64 Å². The van der Waals surface area contributed by atoms with Gasteiger partial charge in [0.15, 0.2) is 0 Å². The minimum Gasteiger partial charge on any atom is -0.484 e. The lowest BCUT2D eigenvalue weighted by atomic mass is 9.58. The summed E-state index contributed by atoms with van der Waals surface area (Å²) in [5.41, 5.74) is 21.1. The van der Waals surface area contributed by atoms with Crippen molar-refractivity contribution in [2.75, 3.05) is 4.90 Å². The topological polar surface area (TPSA) is 12.5 Å². The van der Waals surface area contributed by atoms with Crippen molar-refractivity contribution >= 4 is 33.9 Å². The Morgan fingerprint density at radius 1 is 0.380 bits per heavy atom. The summed E-state index contributed by atoms with van der Waals surface area (Å²) in [6.07, 6.45) is 4.59. The standard InChI is InChI=1S/C69H47NO/c1-4-18-46(19-5-1)52-26-16-27-55(44-52)70(65-43-38-53(47-20-6-2-7-21-47)45-60(65)48-22-8-3-9-23-48)54-39-34-51(35-40-54)56-31-17-33-62-66(56)59-30-14-15-32-61(59)69(62)63-41-36-49-24-10-12-28-57(49)67(63)71-68-58-29-13-11-25-50(58)37-42-64(68)69/h1-45,63,67H. The van der Waals surface area contributed by atoms with Crippen LogP contribution >= 0.6 is 0 Å². The van der Waals surface area contributed by atoms with E-state index in [9.17, 15) is 0 Å². The molecule has 0 aromatic heterocycles. The molecule has 2 aliphatic carbocycles. The maximum atomic E-state index is 7.36. The number of benzene rings is 11. The van der Waals surface area contributed by atoms with Crippen molar-refractivity contribution in [3.8, 4) is 61.4 Å². The predicted molar refractivity (Wildman–Crippen MR) is 294 cm³/mol. The van der Waals surface area contributed by atoms with Crippen LogP contribution in [0.4, 0.5) is 17.1 Å². The van der Waals surface area contributed by atoms with E-state index in [2.05, 4.69) is 278 Å². The van der Waals surface area contributed by atoms with Crippen LogP contribution in [0.5, 0.6) is 5.75 Å². The van der Waals surface area contributed by atoms with Crippen molar-refractivity contribution < 1.29 is 4.74 Å². The molecule has 0 bridgehead atoms. The Morgan fingerprint density at radius 2 is 0.986 bits per heavy atom. The van der Waals surface area contributed by atoms with E-state index in [0.717, 1.165) is 39.3 Å². The highest BCUT2D eigenvalue weighted by atomic mass is 16.5. The normalized spacial score (nSPS) is 16.8. The zero-order valence-electron chi connectivity index (χ0n) is 39.0. The molecule has 3 unspecified atom stereocenters. The van der Waals surface area contributed by atoms with Gasteiger partial charge in [0.1, 0.15) is 11.9 Å². The molecule has 3 atom stereocenters. The van der Waals surface area contributed by atoms with Gasteiger partial charge in [-0.1, -0.05) is 237 Å². The van der Waals surface area contributed by atoms with Crippen molar-refractivity contribution in [3.05, 3.63) is 295 Å². The molecular formula is C69H47NO. The fourth-order valence-electron chi connectivity index (χ4n) is 12.2. The molecule has 71 heavy (non-hydrogen) atoms. The zero-order chi connectivity index (χ0) is 46.9. The third-order valence-corrected chi connectivity index (χ3v) is 15.3. The minimum atomic E-state index is -0.505. The molecule has 1 heterocycles. The SMILES string of the molecule is C1=CC2C(Oc3c(ccc4ccccc34)C23c2ccccc2-c2c(-c4ccc(N(c5cccc(-c6ccccc6)c5)c5ccc(-c6ccccc6)cc5-c5ccccc5)cc4)cccc23)c2ccccc21. The predicted octanol–water partition coefficient (Wildman–Crippen LogP) is 18.1. The molecule has 2 nitrogen and oxygen atoms in total. The van der Waals surface area contributed by atoms with Gasteiger partial charge in [-0.05, 0) is 109 Å². The molecule has 2 heteroatoms. The summed E-state index contributed by atoms with van der Waals surface area (Å²) in [5.74, 6) is 0.994. The highest BCUT2D eigenvalue weighted by Crippen LogP contribution is 2.66. The first-order valence-corrected chi connectivity index (χ1v) is 24.7. The summed E-state index contributed by atoms with van der Waals surface area (Å²) in [6.45, 7) is 0.